The third kappa shape index (κ3) is 8.74. The molecular weight excluding hydrogens is 258 g/mol. The lowest BCUT2D eigenvalue weighted by molar-refractivity contribution is -0.141. The van der Waals surface area contributed by atoms with E-state index in [0.717, 1.165) is 19.4 Å². The Morgan fingerprint density at radius 3 is 2.35 bits per heavy atom. The summed E-state index contributed by atoms with van der Waals surface area (Å²) in [6, 6.07) is 0.246. The first kappa shape index (κ1) is 18.7. The molecule has 0 bridgehead atoms. The van der Waals surface area contributed by atoms with E-state index in [0.29, 0.717) is 19.0 Å². The van der Waals surface area contributed by atoms with E-state index in [2.05, 4.69) is 36.4 Å². The van der Waals surface area contributed by atoms with Crippen LogP contribution in [-0.2, 0) is 4.79 Å². The molecule has 1 atom stereocenters. The van der Waals surface area contributed by atoms with E-state index in [1.165, 1.54) is 0 Å². The summed E-state index contributed by atoms with van der Waals surface area (Å²) < 4.78 is 0. The fourth-order valence-electron chi connectivity index (χ4n) is 1.63. The maximum atomic E-state index is 11.5. The molecule has 0 aromatic heterocycles. The Labute approximate surface area is 121 Å². The van der Waals surface area contributed by atoms with Crippen LogP contribution < -0.4 is 10.6 Å². The third-order valence-corrected chi connectivity index (χ3v) is 3.46. The van der Waals surface area contributed by atoms with Crippen LogP contribution in [0.15, 0.2) is 0 Å². The summed E-state index contributed by atoms with van der Waals surface area (Å²) in [4.78, 5) is 24.5. The molecule has 0 aromatic rings. The van der Waals surface area contributed by atoms with Gasteiger partial charge in [0.25, 0.3) is 0 Å². The Morgan fingerprint density at radius 1 is 1.20 bits per heavy atom. The van der Waals surface area contributed by atoms with E-state index in [9.17, 15) is 9.59 Å². The topological polar surface area (TPSA) is 81.7 Å². The zero-order valence-corrected chi connectivity index (χ0v) is 13.1. The molecule has 0 aliphatic carbocycles. The first-order valence-corrected chi connectivity index (χ1v) is 7.33. The van der Waals surface area contributed by atoms with Crippen molar-refractivity contribution in [2.75, 3.05) is 26.7 Å². The van der Waals surface area contributed by atoms with Crippen molar-refractivity contribution in [2.45, 2.75) is 46.1 Å². The largest absolute Gasteiger partial charge is 0.481 e. The number of unbranched alkanes of at least 4 members (excludes halogenated alkanes) is 1. The van der Waals surface area contributed by atoms with Gasteiger partial charge in [-0.2, -0.15) is 0 Å². The Bertz CT molecular complexity index is 295. The van der Waals surface area contributed by atoms with Crippen molar-refractivity contribution in [1.82, 2.24) is 15.5 Å². The standard InChI is InChI=1S/C14H29N3O3/c1-5-12(13(18)19)10-16-14(20)15-8-6-7-9-17(4)11(2)3/h11-12H,5-10H2,1-4H3,(H,18,19)(H2,15,16,20). The molecule has 0 saturated heterocycles. The van der Waals surface area contributed by atoms with Gasteiger partial charge in [-0.15, -0.1) is 0 Å². The Kier molecular flexibility index (Phi) is 9.80. The number of carbonyl (C=O) groups is 2. The monoisotopic (exact) mass is 287 g/mol. The average molecular weight is 287 g/mol. The van der Waals surface area contributed by atoms with Crippen LogP contribution >= 0.6 is 0 Å². The Morgan fingerprint density at radius 2 is 1.85 bits per heavy atom. The van der Waals surface area contributed by atoms with Gasteiger partial charge in [0.05, 0.1) is 5.92 Å². The number of carboxylic acids is 1. The normalized spacial score (nSPS) is 12.5. The van der Waals surface area contributed by atoms with Gasteiger partial charge in [-0.3, -0.25) is 4.79 Å². The minimum atomic E-state index is -0.871. The second-order valence-corrected chi connectivity index (χ2v) is 5.36. The van der Waals surface area contributed by atoms with Crippen LogP contribution in [0.25, 0.3) is 0 Å². The highest BCUT2D eigenvalue weighted by atomic mass is 16.4. The second-order valence-electron chi connectivity index (χ2n) is 5.36. The van der Waals surface area contributed by atoms with E-state index in [4.69, 9.17) is 5.11 Å². The molecule has 0 spiro atoms. The number of hydrogen-bond acceptors (Lipinski definition) is 3. The van der Waals surface area contributed by atoms with Crippen LogP contribution in [0.3, 0.4) is 0 Å². The fourth-order valence-corrected chi connectivity index (χ4v) is 1.63. The molecule has 20 heavy (non-hydrogen) atoms. The molecule has 6 heteroatoms. The van der Waals surface area contributed by atoms with Crippen molar-refractivity contribution in [3.8, 4) is 0 Å². The van der Waals surface area contributed by atoms with Gasteiger partial charge >= 0.3 is 12.0 Å². The zero-order valence-electron chi connectivity index (χ0n) is 13.1. The lowest BCUT2D eigenvalue weighted by Crippen LogP contribution is -2.40. The summed E-state index contributed by atoms with van der Waals surface area (Å²) in [5.41, 5.74) is 0. The number of rotatable bonds is 10. The molecule has 0 fully saturated rings. The predicted molar refractivity (Wildman–Crippen MR) is 79.8 cm³/mol. The van der Waals surface area contributed by atoms with Gasteiger partial charge in [-0.05, 0) is 46.7 Å². The molecule has 6 nitrogen and oxygen atoms in total. The van der Waals surface area contributed by atoms with Crippen molar-refractivity contribution in [3.63, 3.8) is 0 Å². The van der Waals surface area contributed by atoms with Crippen molar-refractivity contribution >= 4 is 12.0 Å². The van der Waals surface area contributed by atoms with E-state index in [1.807, 2.05) is 0 Å². The summed E-state index contributed by atoms with van der Waals surface area (Å²) in [7, 11) is 2.08. The quantitative estimate of drug-likeness (QED) is 0.532. The first-order valence-electron chi connectivity index (χ1n) is 7.33. The highest BCUT2D eigenvalue weighted by Crippen LogP contribution is 2.00. The average Bonchev–Trinajstić information content (AvgIpc) is 2.38. The van der Waals surface area contributed by atoms with E-state index in [-0.39, 0.29) is 12.6 Å². The summed E-state index contributed by atoms with van der Waals surface area (Å²) in [5, 5.41) is 14.2. The smallest absolute Gasteiger partial charge is 0.314 e. The van der Waals surface area contributed by atoms with Gasteiger partial charge in [0.15, 0.2) is 0 Å². The summed E-state index contributed by atoms with van der Waals surface area (Å²) in [5.74, 6) is -1.38. The lowest BCUT2D eigenvalue weighted by atomic mass is 10.1. The van der Waals surface area contributed by atoms with Crippen LogP contribution in [-0.4, -0.2) is 54.7 Å². The van der Waals surface area contributed by atoms with Crippen molar-refractivity contribution < 1.29 is 14.7 Å². The van der Waals surface area contributed by atoms with Crippen LogP contribution in [0.1, 0.15) is 40.0 Å². The van der Waals surface area contributed by atoms with Gasteiger partial charge in [-0.25, -0.2) is 4.79 Å². The summed E-state index contributed by atoms with van der Waals surface area (Å²) in [6.07, 6.45) is 2.46. The number of aliphatic carboxylic acids is 1. The van der Waals surface area contributed by atoms with Gasteiger partial charge in [0.1, 0.15) is 0 Å². The minimum Gasteiger partial charge on any atom is -0.481 e. The minimum absolute atomic E-state index is 0.174. The number of hydrogen-bond donors (Lipinski definition) is 3. The van der Waals surface area contributed by atoms with E-state index in [1.54, 1.807) is 6.92 Å². The van der Waals surface area contributed by atoms with Crippen LogP contribution in [0.4, 0.5) is 4.79 Å². The maximum Gasteiger partial charge on any atom is 0.314 e. The molecule has 0 aliphatic heterocycles. The number of nitrogens with one attached hydrogen (secondary N) is 2. The molecule has 0 aromatic carbocycles. The number of carbonyl (C=O) groups excluding carboxylic acids is 1. The zero-order chi connectivity index (χ0) is 15.5. The van der Waals surface area contributed by atoms with Crippen molar-refractivity contribution in [2.24, 2.45) is 5.92 Å². The summed E-state index contributed by atoms with van der Waals surface area (Å²) >= 11 is 0. The maximum absolute atomic E-state index is 11.5. The number of carboxylic acid groups (broad SMARTS) is 1. The molecule has 118 valence electrons. The molecule has 0 rings (SSSR count). The fraction of sp³-hybridized carbons (Fsp3) is 0.857. The molecule has 2 amide bonds. The number of nitrogens with zero attached hydrogens (tertiary/aromatic N) is 1. The number of urea groups is 1. The molecule has 0 radical (unpaired) electrons. The van der Waals surface area contributed by atoms with Crippen LogP contribution in [0, 0.1) is 5.92 Å². The number of amides is 2. The molecule has 0 saturated carbocycles. The highest BCUT2D eigenvalue weighted by Gasteiger charge is 2.15. The van der Waals surface area contributed by atoms with Crippen molar-refractivity contribution in [3.05, 3.63) is 0 Å². The summed E-state index contributed by atoms with van der Waals surface area (Å²) in [6.45, 7) is 7.90. The first-order chi connectivity index (χ1) is 9.38. The molecular formula is C14H29N3O3. The van der Waals surface area contributed by atoms with Crippen LogP contribution in [0.2, 0.25) is 0 Å². The molecule has 0 heterocycles. The van der Waals surface area contributed by atoms with E-state index < -0.39 is 11.9 Å². The molecule has 0 aliphatic rings. The van der Waals surface area contributed by atoms with Gasteiger partial charge in [0.2, 0.25) is 0 Å². The van der Waals surface area contributed by atoms with E-state index >= 15 is 0 Å². The Hall–Kier alpha value is -1.30. The Balaban J connectivity index is 3.61. The second kappa shape index (κ2) is 10.5. The highest BCUT2D eigenvalue weighted by molar-refractivity contribution is 5.75. The molecule has 1 unspecified atom stereocenters. The predicted octanol–water partition coefficient (Wildman–Crippen LogP) is 1.52. The third-order valence-electron chi connectivity index (χ3n) is 3.46. The molecule has 3 N–H and O–H groups in total. The SMILES string of the molecule is CCC(CNC(=O)NCCCCN(C)C(C)C)C(=O)O. The van der Waals surface area contributed by atoms with Gasteiger partial charge in [0, 0.05) is 19.1 Å². The van der Waals surface area contributed by atoms with Gasteiger partial charge in [-0.1, -0.05) is 6.92 Å². The van der Waals surface area contributed by atoms with Gasteiger partial charge < -0.3 is 20.6 Å². The van der Waals surface area contributed by atoms with Crippen LogP contribution in [0.5, 0.6) is 0 Å². The van der Waals surface area contributed by atoms with Crippen molar-refractivity contribution in [1.29, 1.82) is 0 Å². The lowest BCUT2D eigenvalue weighted by Gasteiger charge is -2.20.